The van der Waals surface area contributed by atoms with Crippen molar-refractivity contribution in [1.82, 2.24) is 10.3 Å². The summed E-state index contributed by atoms with van der Waals surface area (Å²) in [7, 11) is 0. The summed E-state index contributed by atoms with van der Waals surface area (Å²) in [6.45, 7) is 2.12. The van der Waals surface area contributed by atoms with Crippen molar-refractivity contribution in [2.75, 3.05) is 0 Å². The summed E-state index contributed by atoms with van der Waals surface area (Å²) in [5.41, 5.74) is 5.85. The van der Waals surface area contributed by atoms with Gasteiger partial charge in [0.25, 0.3) is 5.91 Å². The Bertz CT molecular complexity index is 397. The standard InChI is InChI=1S/C13H21N3OS/c1-2-3-12-15-8-11(18-12)13(17)16-10-6-4-9(14)5-7-10/h8-10H,2-7,14H2,1H3,(H,16,17). The summed E-state index contributed by atoms with van der Waals surface area (Å²) in [5.74, 6) is 0.0234. The van der Waals surface area contributed by atoms with Crippen molar-refractivity contribution in [1.29, 1.82) is 0 Å². The molecule has 0 radical (unpaired) electrons. The van der Waals surface area contributed by atoms with Gasteiger partial charge in [-0.3, -0.25) is 4.79 Å². The minimum absolute atomic E-state index is 0.0234. The maximum atomic E-state index is 12.0. The number of carbonyl (C=O) groups excluding carboxylic acids is 1. The number of amides is 1. The van der Waals surface area contributed by atoms with Gasteiger partial charge in [-0.1, -0.05) is 6.92 Å². The van der Waals surface area contributed by atoms with Crippen LogP contribution in [0.25, 0.3) is 0 Å². The molecule has 1 heterocycles. The van der Waals surface area contributed by atoms with E-state index < -0.39 is 0 Å². The fourth-order valence-electron chi connectivity index (χ4n) is 2.26. The van der Waals surface area contributed by atoms with Gasteiger partial charge in [0.15, 0.2) is 0 Å². The van der Waals surface area contributed by atoms with Crippen LogP contribution in [0.5, 0.6) is 0 Å². The van der Waals surface area contributed by atoms with Gasteiger partial charge in [0.1, 0.15) is 4.88 Å². The second kappa shape index (κ2) is 6.29. The number of hydrogen-bond acceptors (Lipinski definition) is 4. The number of nitrogens with one attached hydrogen (secondary N) is 1. The van der Waals surface area contributed by atoms with Gasteiger partial charge in [0.2, 0.25) is 0 Å². The molecule has 0 aliphatic heterocycles. The molecule has 1 aromatic heterocycles. The molecule has 3 N–H and O–H groups in total. The zero-order valence-corrected chi connectivity index (χ0v) is 11.6. The predicted octanol–water partition coefficient (Wildman–Crippen LogP) is 2.10. The summed E-state index contributed by atoms with van der Waals surface area (Å²) in [6, 6.07) is 0.603. The van der Waals surface area contributed by atoms with Crippen LogP contribution in [0.2, 0.25) is 0 Å². The Morgan fingerprint density at radius 3 is 2.89 bits per heavy atom. The van der Waals surface area contributed by atoms with E-state index in [1.54, 1.807) is 6.20 Å². The number of hydrogen-bond donors (Lipinski definition) is 2. The molecule has 1 saturated carbocycles. The summed E-state index contributed by atoms with van der Waals surface area (Å²) in [4.78, 5) is 17.0. The normalized spacial score (nSPS) is 23.9. The minimum Gasteiger partial charge on any atom is -0.349 e. The molecule has 0 bridgehead atoms. The third-order valence-electron chi connectivity index (χ3n) is 3.35. The molecule has 2 rings (SSSR count). The molecule has 4 nitrogen and oxygen atoms in total. The van der Waals surface area contributed by atoms with E-state index in [0.717, 1.165) is 48.4 Å². The first-order valence-corrected chi connectivity index (χ1v) is 7.52. The molecule has 0 saturated heterocycles. The molecule has 0 spiro atoms. The second-order valence-corrected chi connectivity index (χ2v) is 6.07. The largest absolute Gasteiger partial charge is 0.349 e. The Balaban J connectivity index is 1.86. The average Bonchev–Trinajstić information content (AvgIpc) is 2.81. The number of rotatable bonds is 4. The molecule has 1 fully saturated rings. The van der Waals surface area contributed by atoms with Gasteiger partial charge in [-0.2, -0.15) is 0 Å². The van der Waals surface area contributed by atoms with E-state index in [9.17, 15) is 4.79 Å². The lowest BCUT2D eigenvalue weighted by Gasteiger charge is -2.26. The molecule has 100 valence electrons. The van der Waals surface area contributed by atoms with Gasteiger partial charge in [-0.05, 0) is 38.5 Å². The Morgan fingerprint density at radius 2 is 2.22 bits per heavy atom. The lowest BCUT2D eigenvalue weighted by molar-refractivity contribution is 0.0930. The Kier molecular flexibility index (Phi) is 4.72. The van der Waals surface area contributed by atoms with Crippen LogP contribution in [0.4, 0.5) is 0 Å². The van der Waals surface area contributed by atoms with Crippen molar-refractivity contribution in [3.05, 3.63) is 16.1 Å². The van der Waals surface area contributed by atoms with Crippen molar-refractivity contribution in [2.24, 2.45) is 5.73 Å². The van der Waals surface area contributed by atoms with Gasteiger partial charge in [-0.15, -0.1) is 11.3 Å². The van der Waals surface area contributed by atoms with Gasteiger partial charge in [0, 0.05) is 12.1 Å². The number of nitrogens with zero attached hydrogens (tertiary/aromatic N) is 1. The van der Waals surface area contributed by atoms with Crippen LogP contribution in [0.15, 0.2) is 6.20 Å². The quantitative estimate of drug-likeness (QED) is 0.877. The van der Waals surface area contributed by atoms with Gasteiger partial charge in [-0.25, -0.2) is 4.98 Å². The van der Waals surface area contributed by atoms with Crippen LogP contribution in [0.1, 0.15) is 53.7 Å². The van der Waals surface area contributed by atoms with E-state index in [1.165, 1.54) is 11.3 Å². The molecule has 0 unspecified atom stereocenters. The Labute approximate surface area is 112 Å². The van der Waals surface area contributed by atoms with Crippen LogP contribution in [0, 0.1) is 0 Å². The third kappa shape index (κ3) is 3.53. The molecule has 1 amide bonds. The Hall–Kier alpha value is -0.940. The maximum absolute atomic E-state index is 12.0. The Morgan fingerprint density at radius 1 is 1.50 bits per heavy atom. The summed E-state index contributed by atoms with van der Waals surface area (Å²) < 4.78 is 0. The predicted molar refractivity (Wildman–Crippen MR) is 73.8 cm³/mol. The molecule has 1 aromatic rings. The maximum Gasteiger partial charge on any atom is 0.263 e. The highest BCUT2D eigenvalue weighted by atomic mass is 32.1. The molecule has 0 atom stereocenters. The fraction of sp³-hybridized carbons (Fsp3) is 0.692. The smallest absolute Gasteiger partial charge is 0.263 e. The highest BCUT2D eigenvalue weighted by molar-refractivity contribution is 7.13. The monoisotopic (exact) mass is 267 g/mol. The van der Waals surface area contributed by atoms with E-state index in [1.807, 2.05) is 0 Å². The van der Waals surface area contributed by atoms with E-state index in [4.69, 9.17) is 5.73 Å². The second-order valence-electron chi connectivity index (χ2n) is 4.95. The van der Waals surface area contributed by atoms with E-state index in [0.29, 0.717) is 6.04 Å². The summed E-state index contributed by atoms with van der Waals surface area (Å²) in [5, 5.41) is 4.14. The third-order valence-corrected chi connectivity index (χ3v) is 4.40. The summed E-state index contributed by atoms with van der Waals surface area (Å²) >= 11 is 1.51. The zero-order valence-electron chi connectivity index (χ0n) is 10.8. The summed E-state index contributed by atoms with van der Waals surface area (Å²) in [6.07, 6.45) is 7.72. The minimum atomic E-state index is 0.0234. The van der Waals surface area contributed by atoms with Crippen LogP contribution in [-0.2, 0) is 6.42 Å². The molecule has 1 aliphatic carbocycles. The lowest BCUT2D eigenvalue weighted by Crippen LogP contribution is -2.40. The first-order valence-electron chi connectivity index (χ1n) is 6.70. The molecular formula is C13H21N3OS. The van der Waals surface area contributed by atoms with Gasteiger partial charge >= 0.3 is 0 Å². The van der Waals surface area contributed by atoms with Gasteiger partial charge in [0.05, 0.1) is 11.2 Å². The molecule has 18 heavy (non-hydrogen) atoms. The van der Waals surface area contributed by atoms with E-state index in [2.05, 4.69) is 17.2 Å². The molecule has 1 aliphatic rings. The van der Waals surface area contributed by atoms with Crippen molar-refractivity contribution >= 4 is 17.2 Å². The van der Waals surface area contributed by atoms with Crippen molar-refractivity contribution in [3.63, 3.8) is 0 Å². The number of nitrogens with two attached hydrogens (primary N) is 1. The molecular weight excluding hydrogens is 246 g/mol. The molecule has 5 heteroatoms. The number of aromatic nitrogens is 1. The lowest BCUT2D eigenvalue weighted by atomic mass is 9.92. The number of carbonyl (C=O) groups is 1. The highest BCUT2D eigenvalue weighted by Crippen LogP contribution is 2.19. The average molecular weight is 267 g/mol. The first-order chi connectivity index (χ1) is 8.69. The van der Waals surface area contributed by atoms with Crippen molar-refractivity contribution in [3.8, 4) is 0 Å². The van der Waals surface area contributed by atoms with Crippen LogP contribution in [-0.4, -0.2) is 23.0 Å². The fourth-order valence-corrected chi connectivity index (χ4v) is 3.19. The zero-order chi connectivity index (χ0) is 13.0. The van der Waals surface area contributed by atoms with Gasteiger partial charge < -0.3 is 11.1 Å². The van der Waals surface area contributed by atoms with Crippen LogP contribution >= 0.6 is 11.3 Å². The topological polar surface area (TPSA) is 68.0 Å². The molecule has 0 aromatic carbocycles. The first kappa shape index (κ1) is 13.5. The van der Waals surface area contributed by atoms with E-state index in [-0.39, 0.29) is 11.9 Å². The highest BCUT2D eigenvalue weighted by Gasteiger charge is 2.21. The SMILES string of the molecule is CCCc1ncc(C(=O)NC2CCC(N)CC2)s1. The van der Waals surface area contributed by atoms with Crippen LogP contribution < -0.4 is 11.1 Å². The number of aryl methyl sites for hydroxylation is 1. The van der Waals surface area contributed by atoms with E-state index >= 15 is 0 Å². The van der Waals surface area contributed by atoms with Crippen molar-refractivity contribution < 1.29 is 4.79 Å². The number of thiazole rings is 1. The van der Waals surface area contributed by atoms with Crippen molar-refractivity contribution in [2.45, 2.75) is 57.5 Å². The van der Waals surface area contributed by atoms with Crippen LogP contribution in [0.3, 0.4) is 0 Å².